The molecule has 3 heterocycles. The van der Waals surface area contributed by atoms with Gasteiger partial charge in [0.1, 0.15) is 11.1 Å². The molecule has 3 aromatic heterocycles. The molecule has 0 N–H and O–H groups in total. The number of nitrogens with zero attached hydrogens (tertiary/aromatic N) is 4. The first kappa shape index (κ1) is 25.3. The molecule has 0 saturated carbocycles. The second-order valence-electron chi connectivity index (χ2n) is 7.82. The molecule has 0 aliphatic rings. The molecule has 0 bridgehead atoms. The summed E-state index contributed by atoms with van der Waals surface area (Å²) in [4.78, 5) is 41.3. The van der Waals surface area contributed by atoms with E-state index in [1.807, 2.05) is 0 Å². The van der Waals surface area contributed by atoms with E-state index in [1.54, 1.807) is 0 Å². The summed E-state index contributed by atoms with van der Waals surface area (Å²) in [6.45, 7) is 1.51. The first-order chi connectivity index (χ1) is 16.7. The smallest absolute Gasteiger partial charge is 0.419 e. The molecule has 0 atom stereocenters. The number of rotatable bonds is 3. The lowest BCUT2D eigenvalue weighted by Gasteiger charge is -2.11. The number of aromatic nitrogens is 3. The number of hydrogen-bond donors (Lipinski definition) is 0. The number of amides is 1. The highest BCUT2D eigenvalue weighted by molar-refractivity contribution is 7.07. The van der Waals surface area contributed by atoms with E-state index in [9.17, 15) is 36.3 Å². The van der Waals surface area contributed by atoms with Gasteiger partial charge in [-0.05, 0) is 19.1 Å². The standard InChI is InChI=1S/C22H16F5N4O4S/c1-9-11(15-18(33)30(3)21(34)31(4)19(15)35-9)7-14(32)28-20-29(2)13(8-36-20)10-5-6-12(22(25,26)27)17(24)16(10)23/h5-6,8H,2,7H2,1,3-4H3/b28-20+. The second-order valence-corrected chi connectivity index (χ2v) is 8.66. The Balaban J connectivity index is 1.74. The number of furan rings is 1. The van der Waals surface area contributed by atoms with Crippen LogP contribution < -0.4 is 16.1 Å². The number of thiazole rings is 1. The molecule has 0 spiro atoms. The minimum Gasteiger partial charge on any atom is -0.444 e. The van der Waals surface area contributed by atoms with Gasteiger partial charge in [0.25, 0.3) is 11.5 Å². The maximum Gasteiger partial charge on any atom is 0.419 e. The van der Waals surface area contributed by atoms with Crippen molar-refractivity contribution in [3.8, 4) is 11.3 Å². The highest BCUT2D eigenvalue weighted by Gasteiger charge is 2.36. The van der Waals surface area contributed by atoms with Crippen LogP contribution in [-0.4, -0.2) is 19.6 Å². The van der Waals surface area contributed by atoms with Crippen LogP contribution in [0.15, 0.2) is 36.5 Å². The van der Waals surface area contributed by atoms with E-state index in [0.717, 1.165) is 31.1 Å². The summed E-state index contributed by atoms with van der Waals surface area (Å²) in [5, 5.41) is 1.30. The SMILES string of the molecule is [CH2]n1c(-c2ccc(C(F)(F)F)c(F)c2F)cs/c1=N/C(=O)Cc1c(C)oc2c1c(=O)n(C)c(=O)n2C. The minimum absolute atomic E-state index is 0.00571. The van der Waals surface area contributed by atoms with Gasteiger partial charge in [-0.15, -0.1) is 11.3 Å². The van der Waals surface area contributed by atoms with E-state index in [2.05, 4.69) is 12.0 Å². The van der Waals surface area contributed by atoms with Gasteiger partial charge < -0.3 is 8.98 Å². The fraction of sp³-hybridized carbons (Fsp3) is 0.227. The first-order valence-electron chi connectivity index (χ1n) is 10.1. The van der Waals surface area contributed by atoms with Crippen molar-refractivity contribution in [2.24, 2.45) is 19.1 Å². The molecule has 8 nitrogen and oxygen atoms in total. The predicted molar refractivity (Wildman–Crippen MR) is 119 cm³/mol. The van der Waals surface area contributed by atoms with Crippen molar-refractivity contribution in [3.63, 3.8) is 0 Å². The fourth-order valence-corrected chi connectivity index (χ4v) is 4.55. The molecule has 0 saturated heterocycles. The van der Waals surface area contributed by atoms with E-state index >= 15 is 0 Å². The van der Waals surface area contributed by atoms with Gasteiger partial charge in [-0.25, -0.2) is 13.6 Å². The van der Waals surface area contributed by atoms with Crippen molar-refractivity contribution in [3.05, 3.63) is 78.7 Å². The molecule has 0 aliphatic carbocycles. The molecule has 0 aliphatic heterocycles. The van der Waals surface area contributed by atoms with Crippen LogP contribution in [0.1, 0.15) is 16.9 Å². The van der Waals surface area contributed by atoms with Crippen LogP contribution in [0.2, 0.25) is 0 Å². The lowest BCUT2D eigenvalue weighted by molar-refractivity contribution is -0.140. The molecule has 189 valence electrons. The van der Waals surface area contributed by atoms with Crippen LogP contribution in [0, 0.1) is 25.6 Å². The topological polar surface area (TPSA) is 91.5 Å². The van der Waals surface area contributed by atoms with Gasteiger partial charge in [0, 0.05) is 37.6 Å². The summed E-state index contributed by atoms with van der Waals surface area (Å²) in [6.07, 6.45) is -5.46. The van der Waals surface area contributed by atoms with Gasteiger partial charge in [-0.2, -0.15) is 18.2 Å². The van der Waals surface area contributed by atoms with Gasteiger partial charge in [0.15, 0.2) is 16.4 Å². The molecule has 14 heteroatoms. The maximum atomic E-state index is 14.4. The minimum atomic E-state index is -5.08. The molecule has 0 unspecified atom stereocenters. The number of carbonyl (C=O) groups is 1. The number of hydrogen-bond acceptors (Lipinski definition) is 5. The van der Waals surface area contributed by atoms with Gasteiger partial charge in [0.05, 0.1) is 17.7 Å². The van der Waals surface area contributed by atoms with Gasteiger partial charge in [0.2, 0.25) is 5.71 Å². The first-order valence-corrected chi connectivity index (χ1v) is 10.9. The van der Waals surface area contributed by atoms with Gasteiger partial charge in [-0.1, -0.05) is 0 Å². The Morgan fingerprint density at radius 3 is 2.44 bits per heavy atom. The summed E-state index contributed by atoms with van der Waals surface area (Å²) in [5.41, 5.74) is -3.40. The third-order valence-corrected chi connectivity index (χ3v) is 6.46. The number of halogens is 5. The highest BCUT2D eigenvalue weighted by Crippen LogP contribution is 2.35. The summed E-state index contributed by atoms with van der Waals surface area (Å²) in [6, 6.07) is 1.17. The predicted octanol–water partition coefficient (Wildman–Crippen LogP) is 3.28. The van der Waals surface area contributed by atoms with Gasteiger partial charge >= 0.3 is 11.9 Å². The molecule has 36 heavy (non-hydrogen) atoms. The van der Waals surface area contributed by atoms with E-state index < -0.39 is 46.1 Å². The molecular weight excluding hydrogens is 511 g/mol. The van der Waals surface area contributed by atoms with Crippen molar-refractivity contribution < 1.29 is 31.2 Å². The van der Waals surface area contributed by atoms with Crippen LogP contribution in [0.3, 0.4) is 0 Å². The Hall–Kier alpha value is -3.81. The van der Waals surface area contributed by atoms with Crippen molar-refractivity contribution >= 4 is 28.3 Å². The molecule has 4 rings (SSSR count). The quantitative estimate of drug-likeness (QED) is 0.383. The van der Waals surface area contributed by atoms with E-state index in [0.29, 0.717) is 6.07 Å². The summed E-state index contributed by atoms with van der Waals surface area (Å²) >= 11 is 0.821. The lowest BCUT2D eigenvalue weighted by Crippen LogP contribution is -2.36. The largest absolute Gasteiger partial charge is 0.444 e. The zero-order valence-electron chi connectivity index (χ0n) is 18.9. The third kappa shape index (κ3) is 4.00. The molecule has 1 radical (unpaired) electrons. The van der Waals surface area contributed by atoms with Gasteiger partial charge in [-0.3, -0.25) is 18.7 Å². The Morgan fingerprint density at radius 1 is 1.14 bits per heavy atom. The molecule has 4 aromatic rings. The molecule has 1 aromatic carbocycles. The number of carbonyl (C=O) groups excluding carboxylic acids is 1. The Morgan fingerprint density at radius 2 is 1.81 bits per heavy atom. The van der Waals surface area contributed by atoms with Crippen molar-refractivity contribution in [2.45, 2.75) is 19.5 Å². The molecular formula is C22H16F5N4O4S. The average molecular weight is 527 g/mol. The van der Waals surface area contributed by atoms with Crippen LogP contribution in [0.25, 0.3) is 22.4 Å². The zero-order valence-corrected chi connectivity index (χ0v) is 19.7. The van der Waals surface area contributed by atoms with Crippen LogP contribution in [0.5, 0.6) is 0 Å². The average Bonchev–Trinajstić information content (AvgIpc) is 3.31. The van der Waals surface area contributed by atoms with Crippen molar-refractivity contribution in [2.75, 3.05) is 0 Å². The molecule has 1 amide bonds. The van der Waals surface area contributed by atoms with Crippen LogP contribution in [0.4, 0.5) is 22.0 Å². The number of alkyl halides is 3. The summed E-state index contributed by atoms with van der Waals surface area (Å²) in [5.74, 6) is -4.30. The zero-order chi connectivity index (χ0) is 26.7. The van der Waals surface area contributed by atoms with Crippen LogP contribution >= 0.6 is 11.3 Å². The summed E-state index contributed by atoms with van der Waals surface area (Å²) in [7, 11) is 6.31. The van der Waals surface area contributed by atoms with Crippen molar-refractivity contribution in [1.82, 2.24) is 13.7 Å². The van der Waals surface area contributed by atoms with Crippen LogP contribution in [-0.2, 0) is 31.5 Å². The maximum absolute atomic E-state index is 14.4. The number of benzene rings is 1. The second kappa shape index (κ2) is 8.69. The number of aryl methyl sites for hydroxylation is 2. The number of fused-ring (bicyclic) bond motifs is 1. The van der Waals surface area contributed by atoms with E-state index in [-0.39, 0.29) is 39.3 Å². The van der Waals surface area contributed by atoms with E-state index in [4.69, 9.17) is 4.42 Å². The van der Waals surface area contributed by atoms with E-state index in [1.165, 1.54) is 26.4 Å². The fourth-order valence-electron chi connectivity index (χ4n) is 3.70. The monoisotopic (exact) mass is 527 g/mol. The Bertz CT molecular complexity index is 1740. The Labute approximate surface area is 202 Å². The lowest BCUT2D eigenvalue weighted by atomic mass is 10.1. The normalized spacial score (nSPS) is 12.6. The Kier molecular flexibility index (Phi) is 6.11. The highest BCUT2D eigenvalue weighted by atomic mass is 32.1. The third-order valence-electron chi connectivity index (χ3n) is 5.60. The molecule has 0 fully saturated rings. The van der Waals surface area contributed by atoms with Crippen molar-refractivity contribution in [1.29, 1.82) is 0 Å². The summed E-state index contributed by atoms with van der Waals surface area (Å²) < 4.78 is 75.5.